The number of pyridine rings is 1. The van der Waals surface area contributed by atoms with Crippen LogP contribution >= 0.6 is 28.1 Å². The van der Waals surface area contributed by atoms with E-state index in [2.05, 4.69) is 31.5 Å². The lowest BCUT2D eigenvalue weighted by Crippen LogP contribution is -2.38. The molecule has 1 aromatic rings. The van der Waals surface area contributed by atoms with Crippen molar-refractivity contribution in [2.24, 2.45) is 0 Å². The van der Waals surface area contributed by atoms with Crippen molar-refractivity contribution < 1.29 is 4.74 Å². The molecule has 88 valence electrons. The first-order valence-corrected chi connectivity index (χ1v) is 6.00. The van der Waals surface area contributed by atoms with Crippen LogP contribution in [0.2, 0.25) is 0 Å². The van der Waals surface area contributed by atoms with E-state index in [1.54, 1.807) is 13.3 Å². The Bertz CT molecular complexity index is 344. The molecule has 1 rings (SSSR count). The number of nitrogens with zero attached hydrogens (tertiary/aromatic N) is 1. The van der Waals surface area contributed by atoms with Crippen molar-refractivity contribution in [3.8, 4) is 0 Å². The first-order chi connectivity index (χ1) is 7.61. The molecule has 0 spiro atoms. The number of hydrogen-bond acceptors (Lipinski definition) is 3. The van der Waals surface area contributed by atoms with Crippen molar-refractivity contribution in [3.63, 3.8) is 0 Å². The number of methoxy groups -OCH3 is 1. The van der Waals surface area contributed by atoms with E-state index in [1.807, 2.05) is 19.1 Å². The van der Waals surface area contributed by atoms with Gasteiger partial charge >= 0.3 is 0 Å². The first-order valence-electron chi connectivity index (χ1n) is 4.80. The Balaban J connectivity index is 2.42. The summed E-state index contributed by atoms with van der Waals surface area (Å²) in [5.74, 6) is 0.713. The molecule has 4 nitrogen and oxygen atoms in total. The highest BCUT2D eigenvalue weighted by molar-refractivity contribution is 9.10. The fraction of sp³-hybridized carbons (Fsp3) is 0.400. The summed E-state index contributed by atoms with van der Waals surface area (Å²) < 4.78 is 5.93. The summed E-state index contributed by atoms with van der Waals surface area (Å²) in [6, 6.07) is 3.91. The molecule has 0 aliphatic rings. The van der Waals surface area contributed by atoms with Gasteiger partial charge in [-0.2, -0.15) is 0 Å². The van der Waals surface area contributed by atoms with Crippen LogP contribution in [0.4, 0.5) is 5.82 Å². The van der Waals surface area contributed by atoms with Crippen LogP contribution in [-0.4, -0.2) is 29.9 Å². The van der Waals surface area contributed by atoms with Crippen molar-refractivity contribution >= 4 is 39.1 Å². The molecule has 1 atom stereocenters. The number of ether oxygens (including phenoxy) is 1. The standard InChI is InChI=1S/C10H14BrN3OS/c1-7(6-15-2)13-10(16)14-9-4-3-8(11)5-12-9/h3-5,7H,6H2,1-2H3,(H2,12,13,14,16)/t7-/m1/s1. The number of nitrogens with one attached hydrogen (secondary N) is 2. The Labute approximate surface area is 109 Å². The molecular weight excluding hydrogens is 290 g/mol. The van der Waals surface area contributed by atoms with Crippen molar-refractivity contribution in [2.45, 2.75) is 13.0 Å². The maximum absolute atomic E-state index is 5.13. The SMILES string of the molecule is COC[C@@H](C)NC(=S)Nc1ccc(Br)cn1. The minimum absolute atomic E-state index is 0.167. The lowest BCUT2D eigenvalue weighted by molar-refractivity contribution is 0.179. The quantitative estimate of drug-likeness (QED) is 0.835. The van der Waals surface area contributed by atoms with Crippen LogP contribution in [0.5, 0.6) is 0 Å². The Morgan fingerprint density at radius 1 is 1.62 bits per heavy atom. The van der Waals surface area contributed by atoms with Crippen LogP contribution < -0.4 is 10.6 Å². The first kappa shape index (κ1) is 13.3. The molecule has 1 aromatic heterocycles. The minimum Gasteiger partial charge on any atom is -0.383 e. The van der Waals surface area contributed by atoms with E-state index in [0.717, 1.165) is 4.47 Å². The molecule has 0 amide bonds. The summed E-state index contributed by atoms with van der Waals surface area (Å²) in [4.78, 5) is 4.15. The second kappa shape index (κ2) is 6.78. The monoisotopic (exact) mass is 303 g/mol. The summed E-state index contributed by atoms with van der Waals surface area (Å²) in [5, 5.41) is 6.62. The molecule has 0 saturated carbocycles. The smallest absolute Gasteiger partial charge is 0.172 e. The summed E-state index contributed by atoms with van der Waals surface area (Å²) >= 11 is 8.45. The summed E-state index contributed by atoms with van der Waals surface area (Å²) in [5.41, 5.74) is 0. The van der Waals surface area contributed by atoms with Crippen molar-refractivity contribution in [1.82, 2.24) is 10.3 Å². The minimum atomic E-state index is 0.167. The van der Waals surface area contributed by atoms with Gasteiger partial charge in [0.05, 0.1) is 6.61 Å². The van der Waals surface area contributed by atoms with Gasteiger partial charge in [0.25, 0.3) is 0 Å². The average molecular weight is 304 g/mol. The average Bonchev–Trinajstić information content (AvgIpc) is 2.21. The molecule has 0 aromatic carbocycles. The molecule has 0 unspecified atom stereocenters. The maximum Gasteiger partial charge on any atom is 0.172 e. The van der Waals surface area contributed by atoms with Crippen LogP contribution in [0.1, 0.15) is 6.92 Å². The Morgan fingerprint density at radius 2 is 2.38 bits per heavy atom. The van der Waals surface area contributed by atoms with Crippen LogP contribution in [0.3, 0.4) is 0 Å². The number of thiocarbonyl (C=S) groups is 1. The normalized spacial score (nSPS) is 11.9. The van der Waals surface area contributed by atoms with Gasteiger partial charge < -0.3 is 15.4 Å². The van der Waals surface area contributed by atoms with E-state index >= 15 is 0 Å². The summed E-state index contributed by atoms with van der Waals surface area (Å²) in [6.45, 7) is 2.60. The summed E-state index contributed by atoms with van der Waals surface area (Å²) in [6.07, 6.45) is 1.71. The molecule has 0 saturated heterocycles. The zero-order chi connectivity index (χ0) is 12.0. The van der Waals surface area contributed by atoms with Crippen LogP contribution in [0.15, 0.2) is 22.8 Å². The van der Waals surface area contributed by atoms with Gasteiger partial charge in [-0.1, -0.05) is 0 Å². The predicted octanol–water partition coefficient (Wildman–Crippen LogP) is 2.17. The number of halogens is 1. The molecule has 0 aliphatic carbocycles. The largest absolute Gasteiger partial charge is 0.383 e. The van der Waals surface area contributed by atoms with E-state index in [-0.39, 0.29) is 6.04 Å². The number of aromatic nitrogens is 1. The highest BCUT2D eigenvalue weighted by Gasteiger charge is 2.03. The van der Waals surface area contributed by atoms with Crippen molar-refractivity contribution in [1.29, 1.82) is 0 Å². The topological polar surface area (TPSA) is 46.2 Å². The van der Waals surface area contributed by atoms with Crippen molar-refractivity contribution in [2.75, 3.05) is 19.0 Å². The van der Waals surface area contributed by atoms with E-state index in [1.165, 1.54) is 0 Å². The third-order valence-electron chi connectivity index (χ3n) is 1.76. The third kappa shape index (κ3) is 4.87. The number of rotatable bonds is 4. The molecule has 6 heteroatoms. The lowest BCUT2D eigenvalue weighted by Gasteiger charge is -2.15. The van der Waals surface area contributed by atoms with Gasteiger partial charge in [0.2, 0.25) is 0 Å². The molecule has 0 aliphatic heterocycles. The van der Waals surface area contributed by atoms with Gasteiger partial charge in [-0.05, 0) is 47.2 Å². The Kier molecular flexibility index (Phi) is 5.65. The second-order valence-electron chi connectivity index (χ2n) is 3.32. The predicted molar refractivity (Wildman–Crippen MR) is 72.6 cm³/mol. The Morgan fingerprint density at radius 3 is 2.94 bits per heavy atom. The lowest BCUT2D eigenvalue weighted by atomic mass is 10.4. The highest BCUT2D eigenvalue weighted by atomic mass is 79.9. The maximum atomic E-state index is 5.13. The molecule has 0 fully saturated rings. The number of hydrogen-bond donors (Lipinski definition) is 2. The van der Waals surface area contributed by atoms with Gasteiger partial charge in [0.15, 0.2) is 5.11 Å². The van der Waals surface area contributed by atoms with Gasteiger partial charge in [-0.3, -0.25) is 0 Å². The van der Waals surface area contributed by atoms with Crippen LogP contribution in [0.25, 0.3) is 0 Å². The van der Waals surface area contributed by atoms with E-state index < -0.39 is 0 Å². The van der Waals surface area contributed by atoms with E-state index in [4.69, 9.17) is 17.0 Å². The van der Waals surface area contributed by atoms with Crippen molar-refractivity contribution in [3.05, 3.63) is 22.8 Å². The number of anilines is 1. The molecule has 2 N–H and O–H groups in total. The highest BCUT2D eigenvalue weighted by Crippen LogP contribution is 2.10. The molecule has 0 bridgehead atoms. The van der Waals surface area contributed by atoms with Crippen LogP contribution in [-0.2, 0) is 4.74 Å². The fourth-order valence-electron chi connectivity index (χ4n) is 1.12. The van der Waals surface area contributed by atoms with E-state index in [0.29, 0.717) is 17.5 Å². The molecule has 1 heterocycles. The molecule has 0 radical (unpaired) electrons. The van der Waals surface area contributed by atoms with Gasteiger partial charge in [-0.15, -0.1) is 0 Å². The van der Waals surface area contributed by atoms with Gasteiger partial charge in [-0.25, -0.2) is 4.98 Å². The Hall–Kier alpha value is -0.720. The third-order valence-corrected chi connectivity index (χ3v) is 2.45. The molecular formula is C10H14BrN3OS. The zero-order valence-corrected chi connectivity index (χ0v) is 11.6. The summed E-state index contributed by atoms with van der Waals surface area (Å²) in [7, 11) is 1.66. The molecule has 16 heavy (non-hydrogen) atoms. The fourth-order valence-corrected chi connectivity index (χ4v) is 1.66. The van der Waals surface area contributed by atoms with E-state index in [9.17, 15) is 0 Å². The zero-order valence-electron chi connectivity index (χ0n) is 9.16. The van der Waals surface area contributed by atoms with Gasteiger partial charge in [0.1, 0.15) is 5.82 Å². The second-order valence-corrected chi connectivity index (χ2v) is 4.64. The van der Waals surface area contributed by atoms with Gasteiger partial charge in [0, 0.05) is 23.8 Å². The van der Waals surface area contributed by atoms with Crippen LogP contribution in [0, 0.1) is 0 Å².